The monoisotopic (exact) mass is 247 g/mol. The van der Waals surface area contributed by atoms with Crippen molar-refractivity contribution in [2.24, 2.45) is 5.92 Å². The topological polar surface area (TPSA) is 3.24 Å². The van der Waals surface area contributed by atoms with E-state index in [1.165, 1.54) is 44.1 Å². The summed E-state index contributed by atoms with van der Waals surface area (Å²) in [5.41, 5.74) is 0. The first kappa shape index (κ1) is 11.5. The van der Waals surface area contributed by atoms with Crippen LogP contribution in [0.3, 0.4) is 0 Å². The number of alkyl halides is 1. The van der Waals surface area contributed by atoms with Crippen LogP contribution in [0, 0.1) is 5.92 Å². The molecule has 0 saturated carbocycles. The third-order valence-electron chi connectivity index (χ3n) is 3.28. The number of nitrogens with zero attached hydrogens (tertiary/aromatic N) is 1. The van der Waals surface area contributed by atoms with Crippen molar-refractivity contribution in [3.05, 3.63) is 0 Å². The molecule has 0 radical (unpaired) electrons. The van der Waals surface area contributed by atoms with E-state index in [0.29, 0.717) is 0 Å². The Morgan fingerprint density at radius 3 is 2.92 bits per heavy atom. The van der Waals surface area contributed by atoms with E-state index in [2.05, 4.69) is 34.7 Å². The molecular formula is C11H22BrN. The van der Waals surface area contributed by atoms with Crippen LogP contribution in [0.1, 0.15) is 39.5 Å². The highest BCUT2D eigenvalue weighted by molar-refractivity contribution is 9.09. The Bertz CT molecular complexity index is 136. The van der Waals surface area contributed by atoms with Crippen LogP contribution in [-0.2, 0) is 0 Å². The van der Waals surface area contributed by atoms with Crippen LogP contribution in [0.5, 0.6) is 0 Å². The largest absolute Gasteiger partial charge is 0.300 e. The van der Waals surface area contributed by atoms with Crippen molar-refractivity contribution < 1.29 is 0 Å². The molecule has 0 aliphatic carbocycles. The molecule has 1 heterocycles. The first-order valence-electron chi connectivity index (χ1n) is 5.58. The standard InChI is InChI=1S/C11H22BrN/c1-3-10(2)13-8-4-5-11(9-13)6-7-12/h10-11H,3-9H2,1-2H3. The molecular weight excluding hydrogens is 226 g/mol. The Balaban J connectivity index is 2.32. The Morgan fingerprint density at radius 2 is 2.31 bits per heavy atom. The lowest BCUT2D eigenvalue weighted by molar-refractivity contribution is 0.127. The second kappa shape index (κ2) is 6.02. The summed E-state index contributed by atoms with van der Waals surface area (Å²) < 4.78 is 0. The minimum Gasteiger partial charge on any atom is -0.300 e. The molecule has 1 aliphatic rings. The molecule has 2 atom stereocenters. The Hall–Kier alpha value is 0.440. The van der Waals surface area contributed by atoms with Crippen LogP contribution in [0.15, 0.2) is 0 Å². The molecule has 0 aromatic carbocycles. The zero-order chi connectivity index (χ0) is 9.68. The van der Waals surface area contributed by atoms with Crippen molar-refractivity contribution in [3.8, 4) is 0 Å². The van der Waals surface area contributed by atoms with E-state index in [1.807, 2.05) is 0 Å². The third-order valence-corrected chi connectivity index (χ3v) is 3.74. The van der Waals surface area contributed by atoms with Crippen molar-refractivity contribution in [1.29, 1.82) is 0 Å². The predicted octanol–water partition coefficient (Wildman–Crippen LogP) is 3.28. The zero-order valence-electron chi connectivity index (χ0n) is 8.93. The number of rotatable bonds is 4. The molecule has 0 spiro atoms. The van der Waals surface area contributed by atoms with E-state index in [4.69, 9.17) is 0 Å². The molecule has 0 aromatic rings. The molecule has 13 heavy (non-hydrogen) atoms. The first-order valence-corrected chi connectivity index (χ1v) is 6.70. The van der Waals surface area contributed by atoms with E-state index < -0.39 is 0 Å². The summed E-state index contributed by atoms with van der Waals surface area (Å²) in [4.78, 5) is 2.66. The summed E-state index contributed by atoms with van der Waals surface area (Å²) in [6, 6.07) is 0.790. The molecule has 1 rings (SSSR count). The van der Waals surface area contributed by atoms with Gasteiger partial charge in [-0.1, -0.05) is 22.9 Å². The van der Waals surface area contributed by atoms with Gasteiger partial charge in [-0.15, -0.1) is 0 Å². The second-order valence-electron chi connectivity index (χ2n) is 4.24. The number of likely N-dealkylation sites (tertiary alicyclic amines) is 1. The van der Waals surface area contributed by atoms with E-state index in [0.717, 1.165) is 12.0 Å². The second-order valence-corrected chi connectivity index (χ2v) is 5.03. The van der Waals surface area contributed by atoms with Crippen molar-refractivity contribution >= 4 is 15.9 Å². The molecule has 1 fully saturated rings. The van der Waals surface area contributed by atoms with Crippen LogP contribution in [0.2, 0.25) is 0 Å². The van der Waals surface area contributed by atoms with Crippen molar-refractivity contribution in [2.45, 2.75) is 45.6 Å². The van der Waals surface area contributed by atoms with Crippen LogP contribution in [0.25, 0.3) is 0 Å². The van der Waals surface area contributed by atoms with Crippen LogP contribution in [-0.4, -0.2) is 29.4 Å². The summed E-state index contributed by atoms with van der Waals surface area (Å²) in [6.45, 7) is 7.31. The quantitative estimate of drug-likeness (QED) is 0.690. The summed E-state index contributed by atoms with van der Waals surface area (Å²) in [5.74, 6) is 0.946. The molecule has 78 valence electrons. The molecule has 2 heteroatoms. The fourth-order valence-electron chi connectivity index (χ4n) is 2.15. The number of halogens is 1. The molecule has 1 nitrogen and oxygen atoms in total. The summed E-state index contributed by atoms with van der Waals surface area (Å²) in [6.07, 6.45) is 5.49. The van der Waals surface area contributed by atoms with E-state index in [-0.39, 0.29) is 0 Å². The Labute approximate surface area is 91.0 Å². The van der Waals surface area contributed by atoms with Crippen LogP contribution < -0.4 is 0 Å². The van der Waals surface area contributed by atoms with Crippen LogP contribution >= 0.6 is 15.9 Å². The van der Waals surface area contributed by atoms with Crippen molar-refractivity contribution in [3.63, 3.8) is 0 Å². The molecule has 1 aliphatic heterocycles. The van der Waals surface area contributed by atoms with Gasteiger partial charge in [0.1, 0.15) is 0 Å². The highest BCUT2D eigenvalue weighted by atomic mass is 79.9. The van der Waals surface area contributed by atoms with E-state index in [9.17, 15) is 0 Å². The van der Waals surface area contributed by atoms with Gasteiger partial charge in [-0.3, -0.25) is 0 Å². The molecule has 0 aromatic heterocycles. The van der Waals surface area contributed by atoms with E-state index in [1.54, 1.807) is 0 Å². The lowest BCUT2D eigenvalue weighted by Gasteiger charge is -2.36. The van der Waals surface area contributed by atoms with Gasteiger partial charge < -0.3 is 4.90 Å². The van der Waals surface area contributed by atoms with Gasteiger partial charge in [0.15, 0.2) is 0 Å². The Kier molecular flexibility index (Phi) is 5.34. The summed E-state index contributed by atoms with van der Waals surface area (Å²) >= 11 is 3.54. The average molecular weight is 248 g/mol. The van der Waals surface area contributed by atoms with Crippen LogP contribution in [0.4, 0.5) is 0 Å². The summed E-state index contributed by atoms with van der Waals surface area (Å²) in [5, 5.41) is 1.17. The maximum atomic E-state index is 3.54. The fraction of sp³-hybridized carbons (Fsp3) is 1.00. The molecule has 0 bridgehead atoms. The fourth-order valence-corrected chi connectivity index (χ4v) is 2.79. The van der Waals surface area contributed by atoms with Gasteiger partial charge >= 0.3 is 0 Å². The van der Waals surface area contributed by atoms with Gasteiger partial charge in [0, 0.05) is 17.9 Å². The zero-order valence-corrected chi connectivity index (χ0v) is 10.5. The minimum atomic E-state index is 0.790. The lowest BCUT2D eigenvalue weighted by atomic mass is 9.94. The molecule has 1 saturated heterocycles. The highest BCUT2D eigenvalue weighted by Gasteiger charge is 2.21. The predicted molar refractivity (Wildman–Crippen MR) is 62.5 cm³/mol. The third kappa shape index (κ3) is 3.59. The summed E-state index contributed by atoms with van der Waals surface area (Å²) in [7, 11) is 0. The highest BCUT2D eigenvalue weighted by Crippen LogP contribution is 2.22. The number of hydrogen-bond acceptors (Lipinski definition) is 1. The normalized spacial score (nSPS) is 27.5. The average Bonchev–Trinajstić information content (AvgIpc) is 2.18. The lowest BCUT2D eigenvalue weighted by Crippen LogP contribution is -2.41. The van der Waals surface area contributed by atoms with Gasteiger partial charge in [-0.2, -0.15) is 0 Å². The number of piperidine rings is 1. The first-order chi connectivity index (χ1) is 6.27. The maximum absolute atomic E-state index is 3.54. The van der Waals surface area contributed by atoms with Gasteiger partial charge in [-0.05, 0) is 45.1 Å². The Morgan fingerprint density at radius 1 is 1.54 bits per heavy atom. The smallest absolute Gasteiger partial charge is 0.00644 e. The molecule has 0 N–H and O–H groups in total. The minimum absolute atomic E-state index is 0.790. The van der Waals surface area contributed by atoms with Gasteiger partial charge in [0.05, 0.1) is 0 Å². The number of hydrogen-bond donors (Lipinski definition) is 0. The van der Waals surface area contributed by atoms with Crippen molar-refractivity contribution in [1.82, 2.24) is 4.90 Å². The van der Waals surface area contributed by atoms with Gasteiger partial charge in [-0.25, -0.2) is 0 Å². The SMILES string of the molecule is CCC(C)N1CCCC(CCBr)C1. The van der Waals surface area contributed by atoms with E-state index >= 15 is 0 Å². The molecule has 0 amide bonds. The van der Waals surface area contributed by atoms with Gasteiger partial charge in [0.2, 0.25) is 0 Å². The van der Waals surface area contributed by atoms with Crippen molar-refractivity contribution in [2.75, 3.05) is 18.4 Å². The molecule has 2 unspecified atom stereocenters. The van der Waals surface area contributed by atoms with Gasteiger partial charge in [0.25, 0.3) is 0 Å². The maximum Gasteiger partial charge on any atom is 0.00644 e.